The lowest BCUT2D eigenvalue weighted by Gasteiger charge is -2.11. The van der Waals surface area contributed by atoms with Gasteiger partial charge in [0.25, 0.3) is 0 Å². The maximum atomic E-state index is 12.3. The van der Waals surface area contributed by atoms with Crippen LogP contribution in [-0.4, -0.2) is 28.6 Å². The third kappa shape index (κ3) is 4.10. The van der Waals surface area contributed by atoms with Gasteiger partial charge in [-0.3, -0.25) is 4.57 Å². The molecule has 138 valence electrons. The molecule has 0 aliphatic carbocycles. The lowest BCUT2D eigenvalue weighted by molar-refractivity contribution is 0.218. The number of hydrogen-bond donors (Lipinski definition) is 0. The van der Waals surface area contributed by atoms with E-state index >= 15 is 0 Å². The standard InChI is InChI=1S/C20H17Cl2N3OS/c21-16-11-15(12-17(22)13-16)14-3-5-18(6-4-14)25-9-10-27-20(25)23-19(26)24-7-1-2-8-24/h3-6,9-13H,1-2,7-8H2/b23-20-. The van der Waals surface area contributed by atoms with Crippen molar-refractivity contribution in [2.75, 3.05) is 13.1 Å². The van der Waals surface area contributed by atoms with Crippen molar-refractivity contribution in [3.63, 3.8) is 0 Å². The molecule has 7 heteroatoms. The molecule has 1 saturated heterocycles. The Balaban J connectivity index is 1.63. The lowest BCUT2D eigenvalue weighted by atomic mass is 10.1. The first-order valence-electron chi connectivity index (χ1n) is 8.67. The van der Waals surface area contributed by atoms with Gasteiger partial charge in [0.1, 0.15) is 0 Å². The van der Waals surface area contributed by atoms with Crippen LogP contribution in [0.1, 0.15) is 12.8 Å². The summed E-state index contributed by atoms with van der Waals surface area (Å²) in [5, 5.41) is 3.14. The van der Waals surface area contributed by atoms with Crippen molar-refractivity contribution in [1.29, 1.82) is 0 Å². The molecular weight excluding hydrogens is 401 g/mol. The molecule has 2 heterocycles. The molecule has 2 amide bonds. The van der Waals surface area contributed by atoms with E-state index in [9.17, 15) is 4.79 Å². The molecule has 0 atom stereocenters. The van der Waals surface area contributed by atoms with Crippen LogP contribution in [0.15, 0.2) is 59.0 Å². The highest BCUT2D eigenvalue weighted by Crippen LogP contribution is 2.27. The van der Waals surface area contributed by atoms with Gasteiger partial charge in [-0.05, 0) is 54.3 Å². The number of hydrogen-bond acceptors (Lipinski definition) is 2. The van der Waals surface area contributed by atoms with Crippen molar-refractivity contribution in [3.05, 3.63) is 68.9 Å². The van der Waals surface area contributed by atoms with E-state index in [1.54, 1.807) is 11.0 Å². The van der Waals surface area contributed by atoms with Crippen molar-refractivity contribution in [1.82, 2.24) is 9.47 Å². The summed E-state index contributed by atoms with van der Waals surface area (Å²) >= 11 is 13.7. The molecule has 1 fully saturated rings. The fourth-order valence-corrected chi connectivity index (χ4v) is 4.39. The van der Waals surface area contributed by atoms with Crippen LogP contribution in [0.3, 0.4) is 0 Å². The zero-order valence-electron chi connectivity index (χ0n) is 14.4. The van der Waals surface area contributed by atoms with Crippen LogP contribution in [0.25, 0.3) is 16.8 Å². The van der Waals surface area contributed by atoms with Crippen LogP contribution in [0.2, 0.25) is 10.0 Å². The molecular formula is C20H17Cl2N3OS. The fraction of sp³-hybridized carbons (Fsp3) is 0.200. The molecule has 2 aromatic carbocycles. The topological polar surface area (TPSA) is 37.6 Å². The largest absolute Gasteiger partial charge is 0.346 e. The van der Waals surface area contributed by atoms with Crippen LogP contribution in [-0.2, 0) is 0 Å². The van der Waals surface area contributed by atoms with Crippen LogP contribution < -0.4 is 4.80 Å². The molecule has 0 spiro atoms. The molecule has 4 rings (SSSR count). The summed E-state index contributed by atoms with van der Waals surface area (Å²) in [6.07, 6.45) is 4.04. The van der Waals surface area contributed by atoms with Crippen LogP contribution in [0.4, 0.5) is 4.79 Å². The smallest absolute Gasteiger partial charge is 0.323 e. The molecule has 0 radical (unpaired) electrons. The van der Waals surface area contributed by atoms with E-state index in [2.05, 4.69) is 4.99 Å². The minimum atomic E-state index is -0.158. The van der Waals surface area contributed by atoms with E-state index in [1.165, 1.54) is 11.3 Å². The van der Waals surface area contributed by atoms with Gasteiger partial charge in [-0.25, -0.2) is 4.79 Å². The molecule has 0 bridgehead atoms. The van der Waals surface area contributed by atoms with Gasteiger partial charge < -0.3 is 4.90 Å². The molecule has 0 unspecified atom stereocenters. The monoisotopic (exact) mass is 417 g/mol. The average molecular weight is 418 g/mol. The number of rotatable bonds is 2. The third-order valence-corrected chi connectivity index (χ3v) is 5.69. The fourth-order valence-electron chi connectivity index (χ4n) is 3.15. The van der Waals surface area contributed by atoms with Crippen LogP contribution in [0, 0.1) is 0 Å². The molecule has 27 heavy (non-hydrogen) atoms. The summed E-state index contributed by atoms with van der Waals surface area (Å²) in [4.78, 5) is 19.1. The highest BCUT2D eigenvalue weighted by atomic mass is 35.5. The molecule has 4 nitrogen and oxygen atoms in total. The third-order valence-electron chi connectivity index (χ3n) is 4.50. The van der Waals surface area contributed by atoms with E-state index in [0.29, 0.717) is 14.8 Å². The number of amides is 2. The second kappa shape index (κ2) is 7.89. The minimum Gasteiger partial charge on any atom is -0.323 e. The van der Waals surface area contributed by atoms with Crippen molar-refractivity contribution >= 4 is 40.6 Å². The van der Waals surface area contributed by atoms with Crippen molar-refractivity contribution in [2.24, 2.45) is 4.99 Å². The van der Waals surface area contributed by atoms with Gasteiger partial charge in [0.05, 0.1) is 0 Å². The summed E-state index contributed by atoms with van der Waals surface area (Å²) in [7, 11) is 0. The zero-order chi connectivity index (χ0) is 18.8. The summed E-state index contributed by atoms with van der Waals surface area (Å²) in [5.74, 6) is 0. The van der Waals surface area contributed by atoms with E-state index < -0.39 is 0 Å². The Bertz CT molecular complexity index is 1010. The second-order valence-electron chi connectivity index (χ2n) is 6.35. The van der Waals surface area contributed by atoms with Gasteiger partial charge in [-0.2, -0.15) is 4.99 Å². The number of likely N-dealkylation sites (tertiary alicyclic amines) is 1. The Morgan fingerprint density at radius 3 is 2.30 bits per heavy atom. The Morgan fingerprint density at radius 2 is 1.63 bits per heavy atom. The molecule has 0 N–H and O–H groups in total. The first-order chi connectivity index (χ1) is 13.1. The van der Waals surface area contributed by atoms with Crippen molar-refractivity contribution in [3.8, 4) is 16.8 Å². The van der Waals surface area contributed by atoms with Crippen molar-refractivity contribution in [2.45, 2.75) is 12.8 Å². The number of carbonyl (C=O) groups is 1. The van der Waals surface area contributed by atoms with Gasteiger partial charge >= 0.3 is 6.03 Å². The van der Waals surface area contributed by atoms with E-state index in [-0.39, 0.29) is 6.03 Å². The highest BCUT2D eigenvalue weighted by molar-refractivity contribution is 7.07. The van der Waals surface area contributed by atoms with Crippen LogP contribution >= 0.6 is 34.5 Å². The Kier molecular flexibility index (Phi) is 5.34. The van der Waals surface area contributed by atoms with Gasteiger partial charge in [-0.1, -0.05) is 35.3 Å². The number of aromatic nitrogens is 1. The number of halogens is 2. The normalized spacial score (nSPS) is 14.7. The average Bonchev–Trinajstić information content (AvgIpc) is 3.33. The summed E-state index contributed by atoms with van der Waals surface area (Å²) in [6, 6.07) is 13.3. The summed E-state index contributed by atoms with van der Waals surface area (Å²) in [6.45, 7) is 1.59. The Labute approximate surface area is 171 Å². The molecule has 1 aliphatic rings. The first kappa shape index (κ1) is 18.3. The van der Waals surface area contributed by atoms with E-state index in [4.69, 9.17) is 23.2 Å². The predicted octanol–water partition coefficient (Wildman–Crippen LogP) is 5.63. The molecule has 3 aromatic rings. The first-order valence-corrected chi connectivity index (χ1v) is 10.3. The number of carbonyl (C=O) groups excluding carboxylic acids is 1. The zero-order valence-corrected chi connectivity index (χ0v) is 16.8. The van der Waals surface area contributed by atoms with Gasteiger partial charge in [0.15, 0.2) is 4.80 Å². The van der Waals surface area contributed by atoms with E-state index in [1.807, 2.05) is 52.5 Å². The molecule has 1 aromatic heterocycles. The Morgan fingerprint density at radius 1 is 0.963 bits per heavy atom. The SMILES string of the molecule is O=C(/N=c1\sccn1-c1ccc(-c2cc(Cl)cc(Cl)c2)cc1)N1CCCC1. The van der Waals surface area contributed by atoms with Crippen LogP contribution in [0.5, 0.6) is 0 Å². The van der Waals surface area contributed by atoms with Crippen molar-refractivity contribution < 1.29 is 4.79 Å². The summed E-state index contributed by atoms with van der Waals surface area (Å²) in [5.41, 5.74) is 2.93. The quantitative estimate of drug-likeness (QED) is 0.532. The number of nitrogens with zero attached hydrogens (tertiary/aromatic N) is 3. The van der Waals surface area contributed by atoms with Gasteiger partial charge in [0, 0.05) is 40.4 Å². The maximum Gasteiger partial charge on any atom is 0.346 e. The summed E-state index contributed by atoms with van der Waals surface area (Å²) < 4.78 is 1.92. The Hall–Kier alpha value is -2.08. The highest BCUT2D eigenvalue weighted by Gasteiger charge is 2.17. The number of benzene rings is 2. The predicted molar refractivity (Wildman–Crippen MR) is 111 cm³/mol. The lowest BCUT2D eigenvalue weighted by Crippen LogP contribution is -2.27. The molecule has 1 aliphatic heterocycles. The number of urea groups is 1. The van der Waals surface area contributed by atoms with Gasteiger partial charge in [0.2, 0.25) is 0 Å². The van der Waals surface area contributed by atoms with E-state index in [0.717, 1.165) is 42.7 Å². The second-order valence-corrected chi connectivity index (χ2v) is 8.09. The molecule has 0 saturated carbocycles. The van der Waals surface area contributed by atoms with Gasteiger partial charge in [-0.15, -0.1) is 11.3 Å². The maximum absolute atomic E-state index is 12.3. The minimum absolute atomic E-state index is 0.158. The number of thiazole rings is 1.